The Bertz CT molecular complexity index is 413. The molecule has 0 radical (unpaired) electrons. The van der Waals surface area contributed by atoms with Crippen molar-refractivity contribution in [3.63, 3.8) is 0 Å². The van der Waals surface area contributed by atoms with Crippen LogP contribution in [0.15, 0.2) is 5.16 Å². The average Bonchev–Trinajstić information content (AvgIpc) is 2.46. The Labute approximate surface area is 128 Å². The van der Waals surface area contributed by atoms with E-state index >= 15 is 0 Å². The first kappa shape index (κ1) is 17.5. The maximum Gasteiger partial charge on any atom is 0.219 e. The van der Waals surface area contributed by atoms with Gasteiger partial charge in [0, 0.05) is 38.5 Å². The summed E-state index contributed by atoms with van der Waals surface area (Å²) in [6, 6.07) is 0.466. The molecular weight excluding hydrogens is 266 g/mol. The van der Waals surface area contributed by atoms with E-state index < -0.39 is 0 Å². The molecule has 1 fully saturated rings. The third kappa shape index (κ3) is 6.63. The smallest absolute Gasteiger partial charge is 0.219 e. The Hall–Kier alpha value is -1.54. The van der Waals surface area contributed by atoms with Crippen LogP contribution in [0.2, 0.25) is 0 Å². The van der Waals surface area contributed by atoms with E-state index in [0.29, 0.717) is 12.6 Å². The number of oxime groups is 1. The molecule has 1 saturated heterocycles. The van der Waals surface area contributed by atoms with Gasteiger partial charge in [-0.05, 0) is 25.7 Å². The van der Waals surface area contributed by atoms with E-state index in [9.17, 15) is 4.79 Å². The lowest BCUT2D eigenvalue weighted by Gasteiger charge is -2.31. The first-order chi connectivity index (χ1) is 10.0. The molecule has 1 rings (SSSR count). The quantitative estimate of drug-likeness (QED) is 0.350. The molecule has 0 aromatic heterocycles. The van der Waals surface area contributed by atoms with Crippen LogP contribution >= 0.6 is 0 Å². The number of carbonyl (C=O) groups excluding carboxylic acids is 1. The van der Waals surface area contributed by atoms with E-state index in [1.807, 2.05) is 18.7 Å². The first-order valence-corrected chi connectivity index (χ1v) is 7.66. The average molecular weight is 293 g/mol. The molecule has 0 aromatic carbocycles. The number of amides is 1. The lowest BCUT2D eigenvalue weighted by atomic mass is 10.1. The second-order valence-electron chi connectivity index (χ2n) is 5.57. The van der Waals surface area contributed by atoms with Gasteiger partial charge in [-0.3, -0.25) is 4.79 Å². The Balaban J connectivity index is 2.18. The Morgan fingerprint density at radius 1 is 1.43 bits per heavy atom. The number of hydrogen-bond donors (Lipinski definition) is 1. The molecule has 0 spiro atoms. The SMILES string of the molecule is CC#C/C(=N\OCCNC1CCN(C(C)=O)CC1)C(C)C. The van der Waals surface area contributed by atoms with Gasteiger partial charge in [0.1, 0.15) is 12.3 Å². The van der Waals surface area contributed by atoms with Crippen LogP contribution in [0.5, 0.6) is 0 Å². The molecule has 21 heavy (non-hydrogen) atoms. The summed E-state index contributed by atoms with van der Waals surface area (Å²) in [6.45, 7) is 10.5. The molecule has 0 bridgehead atoms. The number of rotatable bonds is 6. The third-order valence-electron chi connectivity index (χ3n) is 3.53. The van der Waals surface area contributed by atoms with Crippen molar-refractivity contribution < 1.29 is 9.63 Å². The van der Waals surface area contributed by atoms with Crippen LogP contribution in [-0.4, -0.2) is 48.8 Å². The van der Waals surface area contributed by atoms with Gasteiger partial charge in [0.05, 0.1) is 0 Å². The van der Waals surface area contributed by atoms with E-state index in [0.717, 1.165) is 38.2 Å². The zero-order valence-corrected chi connectivity index (χ0v) is 13.6. The lowest BCUT2D eigenvalue weighted by Crippen LogP contribution is -2.44. The number of piperidine rings is 1. The highest BCUT2D eigenvalue weighted by Crippen LogP contribution is 2.09. The minimum absolute atomic E-state index is 0.171. The highest BCUT2D eigenvalue weighted by atomic mass is 16.6. The second-order valence-corrected chi connectivity index (χ2v) is 5.57. The molecule has 0 aliphatic carbocycles. The van der Waals surface area contributed by atoms with E-state index in [-0.39, 0.29) is 11.8 Å². The van der Waals surface area contributed by atoms with Crippen LogP contribution in [0, 0.1) is 17.8 Å². The minimum Gasteiger partial charge on any atom is -0.394 e. The number of likely N-dealkylation sites (tertiary alicyclic amines) is 1. The van der Waals surface area contributed by atoms with Crippen molar-refractivity contribution in [1.82, 2.24) is 10.2 Å². The van der Waals surface area contributed by atoms with Crippen molar-refractivity contribution in [2.75, 3.05) is 26.2 Å². The van der Waals surface area contributed by atoms with E-state index in [2.05, 4.69) is 22.3 Å². The minimum atomic E-state index is 0.171. The van der Waals surface area contributed by atoms with Crippen LogP contribution < -0.4 is 5.32 Å². The summed E-state index contributed by atoms with van der Waals surface area (Å²) in [5, 5.41) is 7.53. The molecule has 1 amide bonds. The maximum absolute atomic E-state index is 11.2. The van der Waals surface area contributed by atoms with Gasteiger partial charge in [0.25, 0.3) is 0 Å². The summed E-state index contributed by atoms with van der Waals surface area (Å²) in [5.74, 6) is 6.25. The number of nitrogens with zero attached hydrogens (tertiary/aromatic N) is 2. The molecule has 0 aromatic rings. The van der Waals surface area contributed by atoms with E-state index in [1.54, 1.807) is 13.8 Å². The number of hydrogen-bond acceptors (Lipinski definition) is 4. The van der Waals surface area contributed by atoms with Gasteiger partial charge in [0.15, 0.2) is 0 Å². The Morgan fingerprint density at radius 2 is 2.10 bits per heavy atom. The summed E-state index contributed by atoms with van der Waals surface area (Å²) in [5.41, 5.74) is 0.785. The van der Waals surface area contributed by atoms with Gasteiger partial charge in [-0.25, -0.2) is 0 Å². The monoisotopic (exact) mass is 293 g/mol. The van der Waals surface area contributed by atoms with Crippen LogP contribution in [0.25, 0.3) is 0 Å². The standard InChI is InChI=1S/C16H27N3O2/c1-5-6-16(13(2)3)18-21-12-9-17-15-7-10-19(11-8-15)14(4)20/h13,15,17H,7-12H2,1-4H3/b18-16+. The van der Waals surface area contributed by atoms with Gasteiger partial charge in [-0.15, -0.1) is 0 Å². The van der Waals surface area contributed by atoms with Crippen molar-refractivity contribution in [1.29, 1.82) is 0 Å². The zero-order valence-electron chi connectivity index (χ0n) is 13.6. The van der Waals surface area contributed by atoms with Gasteiger partial charge < -0.3 is 15.1 Å². The lowest BCUT2D eigenvalue weighted by molar-refractivity contribution is -0.129. The predicted molar refractivity (Wildman–Crippen MR) is 85.0 cm³/mol. The van der Waals surface area contributed by atoms with Gasteiger partial charge >= 0.3 is 0 Å². The molecule has 0 saturated carbocycles. The number of nitrogens with one attached hydrogen (secondary N) is 1. The van der Waals surface area contributed by atoms with Crippen molar-refractivity contribution in [2.45, 2.75) is 46.6 Å². The molecular formula is C16H27N3O2. The first-order valence-electron chi connectivity index (χ1n) is 7.66. The van der Waals surface area contributed by atoms with E-state index in [1.165, 1.54) is 0 Å². The van der Waals surface area contributed by atoms with Crippen molar-refractivity contribution in [2.24, 2.45) is 11.1 Å². The summed E-state index contributed by atoms with van der Waals surface area (Å²) >= 11 is 0. The van der Waals surface area contributed by atoms with Crippen LogP contribution in [-0.2, 0) is 9.63 Å². The van der Waals surface area contributed by atoms with Crippen LogP contribution in [0.3, 0.4) is 0 Å². The van der Waals surface area contributed by atoms with Gasteiger partial charge in [0.2, 0.25) is 5.91 Å². The Kier molecular flexibility index (Phi) is 7.84. The molecule has 1 heterocycles. The maximum atomic E-state index is 11.2. The van der Waals surface area contributed by atoms with Gasteiger partial charge in [-0.2, -0.15) is 0 Å². The highest BCUT2D eigenvalue weighted by molar-refractivity contribution is 6.01. The molecule has 1 aliphatic rings. The molecule has 0 unspecified atom stereocenters. The van der Waals surface area contributed by atoms with Crippen molar-refractivity contribution in [3.05, 3.63) is 0 Å². The molecule has 5 heteroatoms. The molecule has 0 atom stereocenters. The number of carbonyl (C=O) groups is 1. The zero-order chi connectivity index (χ0) is 15.7. The summed E-state index contributed by atoms with van der Waals surface area (Å²) in [7, 11) is 0. The molecule has 5 nitrogen and oxygen atoms in total. The molecule has 1 N–H and O–H groups in total. The summed E-state index contributed by atoms with van der Waals surface area (Å²) < 4.78 is 0. The van der Waals surface area contributed by atoms with E-state index in [4.69, 9.17) is 4.84 Å². The van der Waals surface area contributed by atoms with Crippen LogP contribution in [0.1, 0.15) is 40.5 Å². The highest BCUT2D eigenvalue weighted by Gasteiger charge is 2.19. The third-order valence-corrected chi connectivity index (χ3v) is 3.53. The van der Waals surface area contributed by atoms with Crippen LogP contribution in [0.4, 0.5) is 0 Å². The fourth-order valence-corrected chi connectivity index (χ4v) is 2.22. The fraction of sp³-hybridized carbons (Fsp3) is 0.750. The summed E-state index contributed by atoms with van der Waals surface area (Å²) in [4.78, 5) is 18.5. The fourth-order valence-electron chi connectivity index (χ4n) is 2.22. The normalized spacial score (nSPS) is 16.6. The summed E-state index contributed by atoms with van der Waals surface area (Å²) in [6.07, 6.45) is 2.00. The second kappa shape index (κ2) is 9.41. The largest absolute Gasteiger partial charge is 0.394 e. The topological polar surface area (TPSA) is 53.9 Å². The Morgan fingerprint density at radius 3 is 2.62 bits per heavy atom. The van der Waals surface area contributed by atoms with Gasteiger partial charge in [-0.1, -0.05) is 24.9 Å². The predicted octanol–water partition coefficient (Wildman–Crippen LogP) is 1.64. The van der Waals surface area contributed by atoms with Crippen molar-refractivity contribution >= 4 is 11.6 Å². The molecule has 118 valence electrons. The molecule has 1 aliphatic heterocycles. The van der Waals surface area contributed by atoms with Crippen molar-refractivity contribution in [3.8, 4) is 11.8 Å².